The van der Waals surface area contributed by atoms with Crippen molar-refractivity contribution in [3.05, 3.63) is 52.0 Å². The molecule has 2 rings (SSSR count). The third-order valence-electron chi connectivity index (χ3n) is 2.88. The smallest absolute Gasteiger partial charge is 0.123 e. The van der Waals surface area contributed by atoms with Gasteiger partial charge in [0.05, 0.1) is 6.20 Å². The molecule has 1 heterocycles. The predicted octanol–water partition coefficient (Wildman–Crippen LogP) is 2.82. The van der Waals surface area contributed by atoms with Crippen molar-refractivity contribution in [3.8, 4) is 0 Å². The monoisotopic (exact) mass is 311 g/mol. The van der Waals surface area contributed by atoms with Crippen LogP contribution in [0.5, 0.6) is 0 Å². The summed E-state index contributed by atoms with van der Waals surface area (Å²) in [7, 11) is 3.76. The topological polar surface area (TPSA) is 29.9 Å². The van der Waals surface area contributed by atoms with E-state index in [0.29, 0.717) is 0 Å². The molecular weight excluding hydrogens is 297 g/mol. The molecule has 1 N–H and O–H groups in total. The number of halogens is 2. The molecule has 1 atom stereocenters. The van der Waals surface area contributed by atoms with Gasteiger partial charge in [-0.25, -0.2) is 4.39 Å². The van der Waals surface area contributed by atoms with Crippen LogP contribution in [0.2, 0.25) is 0 Å². The zero-order valence-electron chi connectivity index (χ0n) is 10.3. The lowest BCUT2D eigenvalue weighted by Gasteiger charge is -2.17. The molecule has 0 aliphatic rings. The van der Waals surface area contributed by atoms with Crippen LogP contribution in [0.3, 0.4) is 0 Å². The van der Waals surface area contributed by atoms with Crippen LogP contribution in [0.15, 0.2) is 35.1 Å². The molecule has 0 fully saturated rings. The molecule has 1 aromatic carbocycles. The van der Waals surface area contributed by atoms with E-state index >= 15 is 0 Å². The lowest BCUT2D eigenvalue weighted by Crippen LogP contribution is -2.19. The SMILES string of the molecule is CNC(Cc1cnn(C)c1)c1cc(F)ccc1Br. The Kier molecular flexibility index (Phi) is 4.14. The first-order valence-corrected chi connectivity index (χ1v) is 6.49. The second kappa shape index (κ2) is 5.63. The maximum atomic E-state index is 13.3. The van der Waals surface area contributed by atoms with E-state index in [2.05, 4.69) is 26.3 Å². The number of hydrogen-bond donors (Lipinski definition) is 1. The number of nitrogens with one attached hydrogen (secondary N) is 1. The van der Waals surface area contributed by atoms with Crippen LogP contribution in [-0.2, 0) is 13.5 Å². The molecule has 0 saturated heterocycles. The molecule has 0 aliphatic carbocycles. The van der Waals surface area contributed by atoms with Crippen LogP contribution in [0.25, 0.3) is 0 Å². The van der Waals surface area contributed by atoms with E-state index in [1.165, 1.54) is 6.07 Å². The molecule has 2 aromatic rings. The van der Waals surface area contributed by atoms with Crippen molar-refractivity contribution in [2.75, 3.05) is 7.05 Å². The van der Waals surface area contributed by atoms with Crippen LogP contribution in [0, 0.1) is 5.82 Å². The first kappa shape index (κ1) is 13.2. The summed E-state index contributed by atoms with van der Waals surface area (Å²) >= 11 is 3.46. The van der Waals surface area contributed by atoms with E-state index in [4.69, 9.17) is 0 Å². The maximum Gasteiger partial charge on any atom is 0.123 e. The van der Waals surface area contributed by atoms with Gasteiger partial charge < -0.3 is 5.32 Å². The van der Waals surface area contributed by atoms with E-state index in [9.17, 15) is 4.39 Å². The first-order chi connectivity index (χ1) is 8.60. The second-order valence-electron chi connectivity index (χ2n) is 4.23. The Bertz CT molecular complexity index is 539. The molecule has 3 nitrogen and oxygen atoms in total. The van der Waals surface area contributed by atoms with Crippen LogP contribution < -0.4 is 5.32 Å². The fraction of sp³-hybridized carbons (Fsp3) is 0.308. The fourth-order valence-electron chi connectivity index (χ4n) is 1.96. The summed E-state index contributed by atoms with van der Waals surface area (Å²) in [5, 5.41) is 7.35. The highest BCUT2D eigenvalue weighted by atomic mass is 79.9. The molecule has 0 aliphatic heterocycles. The Morgan fingerprint density at radius 3 is 2.89 bits per heavy atom. The van der Waals surface area contributed by atoms with Crippen molar-refractivity contribution in [2.45, 2.75) is 12.5 Å². The van der Waals surface area contributed by atoms with E-state index in [0.717, 1.165) is 22.0 Å². The number of likely N-dealkylation sites (N-methyl/N-ethyl adjacent to an activating group) is 1. The molecule has 1 aromatic heterocycles. The van der Waals surface area contributed by atoms with Crippen molar-refractivity contribution < 1.29 is 4.39 Å². The molecule has 0 radical (unpaired) electrons. The minimum Gasteiger partial charge on any atom is -0.313 e. The summed E-state index contributed by atoms with van der Waals surface area (Å²) in [6.07, 6.45) is 4.57. The number of rotatable bonds is 4. The molecular formula is C13H15BrFN3. The van der Waals surface area contributed by atoms with Crippen LogP contribution in [0.4, 0.5) is 4.39 Å². The number of aryl methyl sites for hydroxylation is 1. The van der Waals surface area contributed by atoms with E-state index in [1.54, 1.807) is 16.8 Å². The Labute approximate surface area is 114 Å². The van der Waals surface area contributed by atoms with Gasteiger partial charge in [0.15, 0.2) is 0 Å². The van der Waals surface area contributed by atoms with Gasteiger partial charge in [0.25, 0.3) is 0 Å². The Hall–Kier alpha value is -1.20. The highest BCUT2D eigenvalue weighted by molar-refractivity contribution is 9.10. The van der Waals surface area contributed by atoms with Gasteiger partial charge in [-0.1, -0.05) is 15.9 Å². The summed E-state index contributed by atoms with van der Waals surface area (Å²) in [4.78, 5) is 0. The minimum absolute atomic E-state index is 0.0549. The fourth-order valence-corrected chi connectivity index (χ4v) is 2.49. The average Bonchev–Trinajstić information content (AvgIpc) is 2.75. The number of hydrogen-bond acceptors (Lipinski definition) is 2. The van der Waals surface area contributed by atoms with Gasteiger partial charge in [-0.05, 0) is 42.8 Å². The molecule has 18 heavy (non-hydrogen) atoms. The van der Waals surface area contributed by atoms with E-state index < -0.39 is 0 Å². The van der Waals surface area contributed by atoms with E-state index in [-0.39, 0.29) is 11.9 Å². The zero-order chi connectivity index (χ0) is 13.1. The normalized spacial score (nSPS) is 12.7. The van der Waals surface area contributed by atoms with Gasteiger partial charge in [-0.2, -0.15) is 5.10 Å². The molecule has 96 valence electrons. The lowest BCUT2D eigenvalue weighted by atomic mass is 10.0. The van der Waals surface area contributed by atoms with Gasteiger partial charge in [0, 0.05) is 23.8 Å². The van der Waals surface area contributed by atoms with Gasteiger partial charge in [-0.3, -0.25) is 4.68 Å². The van der Waals surface area contributed by atoms with Gasteiger partial charge in [0.2, 0.25) is 0 Å². The van der Waals surface area contributed by atoms with Crippen molar-refractivity contribution in [3.63, 3.8) is 0 Å². The van der Waals surface area contributed by atoms with Gasteiger partial charge >= 0.3 is 0 Å². The summed E-state index contributed by atoms with van der Waals surface area (Å²) in [6, 6.07) is 4.80. The average molecular weight is 312 g/mol. The third kappa shape index (κ3) is 2.97. The maximum absolute atomic E-state index is 13.3. The van der Waals surface area contributed by atoms with Crippen molar-refractivity contribution in [1.29, 1.82) is 0 Å². The Morgan fingerprint density at radius 2 is 2.28 bits per heavy atom. The summed E-state index contributed by atoms with van der Waals surface area (Å²) in [5.74, 6) is -0.223. The zero-order valence-corrected chi connectivity index (χ0v) is 11.9. The highest BCUT2D eigenvalue weighted by Crippen LogP contribution is 2.26. The third-order valence-corrected chi connectivity index (χ3v) is 3.60. The second-order valence-corrected chi connectivity index (χ2v) is 5.09. The van der Waals surface area contributed by atoms with Crippen LogP contribution >= 0.6 is 15.9 Å². The molecule has 0 amide bonds. The number of aromatic nitrogens is 2. The molecule has 1 unspecified atom stereocenters. The van der Waals surface area contributed by atoms with Crippen molar-refractivity contribution in [2.24, 2.45) is 7.05 Å². The molecule has 0 bridgehead atoms. The Balaban J connectivity index is 2.25. The predicted molar refractivity (Wildman–Crippen MR) is 72.8 cm³/mol. The first-order valence-electron chi connectivity index (χ1n) is 5.70. The van der Waals surface area contributed by atoms with E-state index in [1.807, 2.05) is 26.5 Å². The summed E-state index contributed by atoms with van der Waals surface area (Å²) < 4.78 is 16.0. The van der Waals surface area contributed by atoms with Crippen molar-refractivity contribution in [1.82, 2.24) is 15.1 Å². The Morgan fingerprint density at radius 1 is 1.50 bits per heavy atom. The van der Waals surface area contributed by atoms with Gasteiger partial charge in [-0.15, -0.1) is 0 Å². The number of nitrogens with zero attached hydrogens (tertiary/aromatic N) is 2. The molecule has 0 spiro atoms. The van der Waals surface area contributed by atoms with Crippen LogP contribution in [-0.4, -0.2) is 16.8 Å². The molecule has 5 heteroatoms. The summed E-state index contributed by atoms with van der Waals surface area (Å²) in [5.41, 5.74) is 2.04. The number of benzene rings is 1. The van der Waals surface area contributed by atoms with Crippen LogP contribution in [0.1, 0.15) is 17.2 Å². The quantitative estimate of drug-likeness (QED) is 0.941. The lowest BCUT2D eigenvalue weighted by molar-refractivity contribution is 0.575. The largest absolute Gasteiger partial charge is 0.313 e. The highest BCUT2D eigenvalue weighted by Gasteiger charge is 2.15. The van der Waals surface area contributed by atoms with Gasteiger partial charge in [0.1, 0.15) is 5.82 Å². The summed E-state index contributed by atoms with van der Waals surface area (Å²) in [6.45, 7) is 0. The minimum atomic E-state index is -0.223. The van der Waals surface area contributed by atoms with Crippen molar-refractivity contribution >= 4 is 15.9 Å². The molecule has 0 saturated carbocycles. The standard InChI is InChI=1S/C13H15BrFN3/c1-16-13(5-9-7-17-18(2)8-9)11-6-10(15)3-4-12(11)14/h3-4,6-8,13,16H,5H2,1-2H3.